The van der Waals surface area contributed by atoms with Gasteiger partial charge in [0, 0.05) is 13.2 Å². The van der Waals surface area contributed by atoms with Crippen molar-refractivity contribution < 1.29 is 18.1 Å². The Labute approximate surface area is 166 Å². The Balaban J connectivity index is 1.96. The molecule has 1 aromatic heterocycles. The largest absolute Gasteiger partial charge is 0.546 e. The first kappa shape index (κ1) is 19.5. The van der Waals surface area contributed by atoms with Crippen molar-refractivity contribution >= 4 is 60.1 Å². The fourth-order valence-electron chi connectivity index (χ4n) is 2.19. The number of halogens is 1. The number of nitrogens with one attached hydrogen (secondary N) is 3. The second-order valence-corrected chi connectivity index (χ2v) is 8.74. The van der Waals surface area contributed by atoms with E-state index >= 15 is 0 Å². The lowest BCUT2D eigenvalue weighted by Gasteiger charge is -2.11. The minimum absolute atomic E-state index is 0.0746. The Bertz CT molecular complexity index is 1090. The van der Waals surface area contributed by atoms with Crippen LogP contribution in [0.25, 0.3) is 0 Å². The topological polar surface area (TPSA) is 139 Å². The molecule has 0 aliphatic rings. The molecule has 0 aliphatic heterocycles. The van der Waals surface area contributed by atoms with Gasteiger partial charge in [-0.15, -0.1) is 0 Å². The molecule has 0 amide bonds. The van der Waals surface area contributed by atoms with E-state index in [4.69, 9.17) is 0 Å². The van der Waals surface area contributed by atoms with Gasteiger partial charge in [0.1, 0.15) is 4.90 Å². The predicted molar refractivity (Wildman–Crippen MR) is 106 cm³/mol. The molecule has 0 radical (unpaired) electrons. The summed E-state index contributed by atoms with van der Waals surface area (Å²) < 4.78 is 46.4. The maximum Gasteiger partial charge on any atom is 0.244 e. The second-order valence-electron chi connectivity index (χ2n) is 5.20. The van der Waals surface area contributed by atoms with Crippen LogP contribution in [0, 0.1) is 0 Å². The minimum atomic E-state index is -3.86. The van der Waals surface area contributed by atoms with E-state index in [0.717, 1.165) is 4.47 Å². The second kappa shape index (κ2) is 7.78. The van der Waals surface area contributed by atoms with Crippen molar-refractivity contribution in [1.29, 1.82) is 0 Å². The molecule has 4 N–H and O–H groups in total. The van der Waals surface area contributed by atoms with Crippen LogP contribution in [0.15, 0.2) is 51.8 Å². The summed E-state index contributed by atoms with van der Waals surface area (Å²) in [5, 5.41) is 16.1. The van der Waals surface area contributed by atoms with E-state index in [1.807, 2.05) is 18.2 Å². The van der Waals surface area contributed by atoms with Gasteiger partial charge in [-0.25, -0.2) is 13.1 Å². The average molecular weight is 472 g/mol. The van der Waals surface area contributed by atoms with E-state index in [2.05, 4.69) is 40.0 Å². The van der Waals surface area contributed by atoms with Gasteiger partial charge in [-0.1, -0.05) is 18.2 Å². The number of hydrogen-bond acceptors (Lipinski definition) is 8. The summed E-state index contributed by atoms with van der Waals surface area (Å²) in [6, 6.07) is 11.4. The molecule has 0 fully saturated rings. The van der Waals surface area contributed by atoms with Crippen LogP contribution in [-0.2, 0) is 10.0 Å². The highest BCUT2D eigenvalue weighted by molar-refractivity contribution is 9.10. The van der Waals surface area contributed by atoms with Crippen molar-refractivity contribution in [2.75, 3.05) is 17.7 Å². The van der Waals surface area contributed by atoms with Crippen molar-refractivity contribution in [2.45, 2.75) is 4.90 Å². The summed E-state index contributed by atoms with van der Waals surface area (Å²) in [5.74, 6) is -0.215. The van der Waals surface area contributed by atoms with Crippen molar-refractivity contribution in [3.63, 3.8) is 0 Å². The first-order valence-corrected chi connectivity index (χ1v) is 10.8. The highest BCUT2D eigenvalue weighted by atomic mass is 79.9. The van der Waals surface area contributed by atoms with Crippen LogP contribution in [0.1, 0.15) is 0 Å². The van der Waals surface area contributed by atoms with E-state index < -0.39 is 26.9 Å². The van der Waals surface area contributed by atoms with Gasteiger partial charge in [-0.2, -0.15) is 0 Å². The van der Waals surface area contributed by atoms with Crippen molar-refractivity contribution in [3.8, 4) is 5.75 Å². The molecule has 0 saturated carbocycles. The molecule has 12 heteroatoms. The first-order chi connectivity index (χ1) is 12.8. The number of benzene rings is 2. The monoisotopic (exact) mass is 471 g/mol. The molecular weight excluding hydrogens is 458 g/mol. The molecule has 3 rings (SSSR count). The number of rotatable bonds is 6. The smallest absolute Gasteiger partial charge is 0.244 e. The average Bonchev–Trinajstić information content (AvgIpc) is 2.97. The SMILES string of the molecule is CNS(=O)(=O)c1cccc(Nc2n[s+]([O-])nc2Nc2ccccc2Br)c1O. The highest BCUT2D eigenvalue weighted by Crippen LogP contribution is 2.36. The standard InChI is InChI=1S/C15H14BrN5O4S2/c1-17-27(24,25)12-8-4-7-11(13(12)22)19-15-14(20-26(23)21-15)18-10-6-3-2-5-9(10)16/h2-8,17,22H,1H3,(H,18,20)(H,19,21). The van der Waals surface area contributed by atoms with Crippen molar-refractivity contribution in [3.05, 3.63) is 46.9 Å². The van der Waals surface area contributed by atoms with Gasteiger partial charge < -0.3 is 20.3 Å². The lowest BCUT2D eigenvalue weighted by Crippen LogP contribution is -2.18. The summed E-state index contributed by atoms with van der Waals surface area (Å²) in [7, 11) is -2.61. The molecule has 1 atom stereocenters. The number of phenolic OH excluding ortho intramolecular Hbond substituents is 1. The Morgan fingerprint density at radius 3 is 2.26 bits per heavy atom. The molecule has 142 valence electrons. The van der Waals surface area contributed by atoms with E-state index in [9.17, 15) is 18.1 Å². The molecule has 2 aromatic carbocycles. The van der Waals surface area contributed by atoms with Gasteiger partial charge >= 0.3 is 0 Å². The fraction of sp³-hybridized carbons (Fsp3) is 0.0667. The highest BCUT2D eigenvalue weighted by Gasteiger charge is 2.22. The number of anilines is 4. The summed E-state index contributed by atoms with van der Waals surface area (Å²) in [6.45, 7) is 0. The van der Waals surface area contributed by atoms with E-state index in [-0.39, 0.29) is 22.2 Å². The molecule has 0 spiro atoms. The van der Waals surface area contributed by atoms with E-state index in [0.29, 0.717) is 5.69 Å². The Morgan fingerprint density at radius 2 is 1.63 bits per heavy atom. The number of para-hydroxylation sites is 2. The van der Waals surface area contributed by atoms with Gasteiger partial charge in [-0.05, 0) is 47.2 Å². The van der Waals surface area contributed by atoms with Crippen molar-refractivity contribution in [2.24, 2.45) is 0 Å². The summed E-state index contributed by atoms with van der Waals surface area (Å²) in [4.78, 5) is -0.299. The maximum atomic E-state index is 12.0. The Kier molecular flexibility index (Phi) is 5.62. The summed E-state index contributed by atoms with van der Waals surface area (Å²) in [5.41, 5.74) is 0.742. The summed E-state index contributed by atoms with van der Waals surface area (Å²) in [6.07, 6.45) is 0. The van der Waals surface area contributed by atoms with Gasteiger partial charge in [-0.3, -0.25) is 0 Å². The predicted octanol–water partition coefficient (Wildman–Crippen LogP) is 3.07. The quantitative estimate of drug-likeness (QED) is 0.317. The maximum absolute atomic E-state index is 12.0. The fourth-order valence-corrected chi connectivity index (χ4v) is 4.04. The summed E-state index contributed by atoms with van der Waals surface area (Å²) >= 11 is 1.54. The van der Waals surface area contributed by atoms with Crippen LogP contribution in [-0.4, -0.2) is 33.9 Å². The number of phenols is 1. The minimum Gasteiger partial charge on any atom is -0.546 e. The van der Waals surface area contributed by atoms with E-state index in [1.54, 1.807) is 6.07 Å². The van der Waals surface area contributed by atoms with Crippen LogP contribution in [0.2, 0.25) is 0 Å². The van der Waals surface area contributed by atoms with Crippen LogP contribution in [0.4, 0.5) is 23.0 Å². The third-order valence-electron chi connectivity index (χ3n) is 3.50. The molecule has 0 bridgehead atoms. The van der Waals surface area contributed by atoms with Gasteiger partial charge in [0.2, 0.25) is 21.7 Å². The molecular formula is C15H14BrN5O4S2. The third kappa shape index (κ3) is 4.20. The lowest BCUT2D eigenvalue weighted by molar-refractivity contribution is 0.460. The normalized spacial score (nSPS) is 12.0. The molecule has 0 saturated heterocycles. The van der Waals surface area contributed by atoms with Crippen LogP contribution >= 0.6 is 27.1 Å². The van der Waals surface area contributed by atoms with Gasteiger partial charge in [0.25, 0.3) is 0 Å². The van der Waals surface area contributed by atoms with Gasteiger partial charge in [0.15, 0.2) is 16.9 Å². The Morgan fingerprint density at radius 1 is 1.04 bits per heavy atom. The Hall–Kier alpha value is -2.25. The number of aromatic nitrogens is 2. The first-order valence-electron chi connectivity index (χ1n) is 7.45. The van der Waals surface area contributed by atoms with Crippen LogP contribution in [0.5, 0.6) is 5.75 Å². The molecule has 0 aliphatic carbocycles. The lowest BCUT2D eigenvalue weighted by atomic mass is 10.3. The number of aromatic hydroxyl groups is 1. The third-order valence-corrected chi connectivity index (χ3v) is 6.32. The molecule has 27 heavy (non-hydrogen) atoms. The molecule has 3 aromatic rings. The zero-order valence-electron chi connectivity index (χ0n) is 13.8. The van der Waals surface area contributed by atoms with Crippen LogP contribution < -0.4 is 15.4 Å². The number of nitrogens with zero attached hydrogens (tertiary/aromatic N) is 2. The number of hydrogen-bond donors (Lipinski definition) is 4. The molecule has 9 nitrogen and oxygen atoms in total. The van der Waals surface area contributed by atoms with Gasteiger partial charge in [0.05, 0.1) is 11.4 Å². The number of sulfonamides is 1. The zero-order chi connectivity index (χ0) is 19.6. The van der Waals surface area contributed by atoms with Crippen LogP contribution in [0.3, 0.4) is 0 Å². The van der Waals surface area contributed by atoms with Crippen molar-refractivity contribution in [1.82, 2.24) is 13.5 Å². The molecule has 1 heterocycles. The molecule has 1 unspecified atom stereocenters. The zero-order valence-corrected chi connectivity index (χ0v) is 17.0. The van der Waals surface area contributed by atoms with E-state index in [1.165, 1.54) is 25.2 Å².